The highest BCUT2D eigenvalue weighted by Gasteiger charge is 2.22. The molecule has 2 N–H and O–H groups in total. The lowest BCUT2D eigenvalue weighted by Gasteiger charge is -2.26. The molecule has 0 spiro atoms. The van der Waals surface area contributed by atoms with Crippen molar-refractivity contribution >= 4 is 11.5 Å². The first-order valence-corrected chi connectivity index (χ1v) is 11.6. The third-order valence-electron chi connectivity index (χ3n) is 4.40. The van der Waals surface area contributed by atoms with E-state index in [0.29, 0.717) is 18.8 Å². The van der Waals surface area contributed by atoms with Crippen LogP contribution >= 0.6 is 0 Å². The Bertz CT molecular complexity index is 843. The molecule has 0 aliphatic heterocycles. The van der Waals surface area contributed by atoms with Gasteiger partial charge in [-0.25, -0.2) is 4.79 Å². The van der Waals surface area contributed by atoms with Crippen molar-refractivity contribution in [3.63, 3.8) is 0 Å². The predicted molar refractivity (Wildman–Crippen MR) is 144 cm³/mol. The number of benzene rings is 1. The third-order valence-corrected chi connectivity index (χ3v) is 4.40. The highest BCUT2D eigenvalue weighted by molar-refractivity contribution is 5.76. The molecule has 0 fully saturated rings. The second-order valence-corrected chi connectivity index (χ2v) is 8.57. The normalized spacial score (nSPS) is 12.8. The van der Waals surface area contributed by atoms with Gasteiger partial charge in [0.05, 0.1) is 0 Å². The van der Waals surface area contributed by atoms with Crippen LogP contribution in [0.15, 0.2) is 72.8 Å². The molecule has 0 heterocycles. The maximum absolute atomic E-state index is 12.8. The molecule has 34 heavy (non-hydrogen) atoms. The van der Waals surface area contributed by atoms with Gasteiger partial charge in [-0.05, 0) is 76.9 Å². The van der Waals surface area contributed by atoms with Gasteiger partial charge in [-0.2, -0.15) is 0 Å². The number of allylic oxidation sites excluding steroid dienone is 3. The molecule has 0 aliphatic rings. The van der Waals surface area contributed by atoms with E-state index < -0.39 is 11.6 Å². The van der Waals surface area contributed by atoms with E-state index in [1.807, 2.05) is 71.2 Å². The molecule has 0 aliphatic carbocycles. The van der Waals surface area contributed by atoms with Crippen LogP contribution in [0.5, 0.6) is 0 Å². The smallest absolute Gasteiger partial charge is 0.329 e. The second-order valence-electron chi connectivity index (χ2n) is 8.57. The van der Waals surface area contributed by atoms with E-state index in [2.05, 4.69) is 55.2 Å². The summed E-state index contributed by atoms with van der Waals surface area (Å²) >= 11 is 0. The van der Waals surface area contributed by atoms with Gasteiger partial charge in [-0.1, -0.05) is 55.5 Å². The summed E-state index contributed by atoms with van der Waals surface area (Å²) in [7, 11) is 0. The first-order chi connectivity index (χ1) is 16.2. The lowest BCUT2D eigenvalue weighted by molar-refractivity contribution is -0.145. The Labute approximate surface area is 207 Å². The van der Waals surface area contributed by atoms with Crippen LogP contribution in [-0.4, -0.2) is 30.8 Å². The maximum Gasteiger partial charge on any atom is 0.329 e. The molecule has 0 radical (unpaired) electrons. The molecule has 0 saturated carbocycles. The molecule has 1 atom stereocenters. The summed E-state index contributed by atoms with van der Waals surface area (Å²) in [4.78, 5) is 12.8. The van der Waals surface area contributed by atoms with Gasteiger partial charge in [0.1, 0.15) is 18.2 Å². The number of hydrogen-bond donors (Lipinski definition) is 2. The molecular weight excluding hydrogens is 424 g/mol. The number of carbonyl (C=O) groups excluding carboxylic acids is 1. The molecule has 1 rings (SSSR count). The molecule has 5 heteroatoms. The summed E-state index contributed by atoms with van der Waals surface area (Å²) in [6.07, 6.45) is 17.3. The van der Waals surface area contributed by atoms with Gasteiger partial charge in [0.25, 0.3) is 0 Å². The summed E-state index contributed by atoms with van der Waals surface area (Å²) in [5, 5.41) is 6.38. The molecule has 1 aromatic carbocycles. The molecular formula is C29H42N2O3. The standard InChI is InChI=1S/C27H40N2O3.C2H2/c1-8-13-23(14-9-2)20-31-26(30)25(29-22(4)32-27(5,6)7)17-18-28-19-21(3)24-15-11-10-12-16-24;1-2/h8,10-16,19,25,28-29H,4,9,17-18,20H2,1-3,5-7H3;1-2H/b13-8-,21-19+,23-14+;. The fourth-order valence-corrected chi connectivity index (χ4v) is 2.99. The number of carbonyl (C=O) groups is 1. The quantitative estimate of drug-likeness (QED) is 0.123. The first-order valence-electron chi connectivity index (χ1n) is 11.6. The Kier molecular flexibility index (Phi) is 15.4. The van der Waals surface area contributed by atoms with Gasteiger partial charge >= 0.3 is 5.97 Å². The Morgan fingerprint density at radius 1 is 1.21 bits per heavy atom. The zero-order chi connectivity index (χ0) is 26.0. The van der Waals surface area contributed by atoms with Crippen molar-refractivity contribution in [1.82, 2.24) is 10.6 Å². The Morgan fingerprint density at radius 3 is 2.41 bits per heavy atom. The van der Waals surface area contributed by atoms with Crippen LogP contribution in [0.4, 0.5) is 0 Å². The van der Waals surface area contributed by atoms with E-state index in [-0.39, 0.29) is 12.6 Å². The summed E-state index contributed by atoms with van der Waals surface area (Å²) in [6, 6.07) is 9.58. The zero-order valence-corrected chi connectivity index (χ0v) is 21.7. The van der Waals surface area contributed by atoms with Crippen LogP contribution in [0.2, 0.25) is 0 Å². The summed E-state index contributed by atoms with van der Waals surface area (Å²) < 4.78 is 11.3. The number of ether oxygens (including phenoxy) is 2. The van der Waals surface area contributed by atoms with E-state index in [0.717, 1.165) is 23.1 Å². The van der Waals surface area contributed by atoms with Crippen molar-refractivity contribution in [1.29, 1.82) is 0 Å². The Morgan fingerprint density at radius 2 is 1.85 bits per heavy atom. The van der Waals surface area contributed by atoms with Crippen LogP contribution in [0.3, 0.4) is 0 Å². The van der Waals surface area contributed by atoms with Gasteiger partial charge in [0, 0.05) is 6.54 Å². The molecule has 1 aromatic rings. The van der Waals surface area contributed by atoms with E-state index in [1.165, 1.54) is 0 Å². The predicted octanol–water partition coefficient (Wildman–Crippen LogP) is 5.98. The molecule has 0 saturated heterocycles. The van der Waals surface area contributed by atoms with Gasteiger partial charge in [0.2, 0.25) is 0 Å². The highest BCUT2D eigenvalue weighted by atomic mass is 16.5. The van der Waals surface area contributed by atoms with Crippen molar-refractivity contribution in [2.75, 3.05) is 13.2 Å². The number of hydrogen-bond acceptors (Lipinski definition) is 5. The summed E-state index contributed by atoms with van der Waals surface area (Å²) in [5.74, 6) is 0.0222. The molecule has 5 nitrogen and oxygen atoms in total. The number of nitrogens with one attached hydrogen (secondary N) is 2. The van der Waals surface area contributed by atoms with E-state index in [1.54, 1.807) is 0 Å². The highest BCUT2D eigenvalue weighted by Crippen LogP contribution is 2.13. The zero-order valence-electron chi connectivity index (χ0n) is 21.7. The van der Waals surface area contributed by atoms with Gasteiger partial charge in [0.15, 0.2) is 5.88 Å². The fourth-order valence-electron chi connectivity index (χ4n) is 2.99. The summed E-state index contributed by atoms with van der Waals surface area (Å²) in [6.45, 7) is 16.6. The third kappa shape index (κ3) is 13.9. The van der Waals surface area contributed by atoms with Crippen LogP contribution in [0, 0.1) is 12.8 Å². The van der Waals surface area contributed by atoms with Gasteiger partial charge in [-0.3, -0.25) is 0 Å². The fraction of sp³-hybridized carbons (Fsp3) is 0.414. The minimum atomic E-state index is -0.573. The average Bonchev–Trinajstić information content (AvgIpc) is 2.80. The van der Waals surface area contributed by atoms with Gasteiger partial charge < -0.3 is 20.1 Å². The van der Waals surface area contributed by atoms with Crippen molar-refractivity contribution in [2.45, 2.75) is 66.0 Å². The van der Waals surface area contributed by atoms with E-state index in [4.69, 9.17) is 9.47 Å². The Balaban J connectivity index is 0.00000529. The minimum absolute atomic E-state index is 0.238. The first kappa shape index (κ1) is 30.6. The van der Waals surface area contributed by atoms with Crippen LogP contribution in [0.1, 0.15) is 59.9 Å². The SMILES string of the molecule is C#C.C=C(NC(CCN/C=C(\C)c1ccccc1)C(=O)OCC(/C=C\C)=C/CC)OC(C)(C)C. The average molecular weight is 467 g/mol. The van der Waals surface area contributed by atoms with Crippen molar-refractivity contribution < 1.29 is 14.3 Å². The number of esters is 1. The Hall–Kier alpha value is -3.39. The molecule has 186 valence electrons. The minimum Gasteiger partial charge on any atom is -0.474 e. The summed E-state index contributed by atoms with van der Waals surface area (Å²) in [5.41, 5.74) is 2.85. The van der Waals surface area contributed by atoms with Crippen LogP contribution in [0.25, 0.3) is 5.57 Å². The van der Waals surface area contributed by atoms with E-state index in [9.17, 15) is 4.79 Å². The monoisotopic (exact) mass is 466 g/mol. The second kappa shape index (κ2) is 17.1. The van der Waals surface area contributed by atoms with Crippen molar-refractivity contribution in [3.8, 4) is 12.8 Å². The molecule has 1 unspecified atom stereocenters. The van der Waals surface area contributed by atoms with Crippen LogP contribution < -0.4 is 10.6 Å². The van der Waals surface area contributed by atoms with E-state index >= 15 is 0 Å². The van der Waals surface area contributed by atoms with Crippen molar-refractivity contribution in [3.05, 3.63) is 78.4 Å². The number of rotatable bonds is 13. The molecule has 0 bridgehead atoms. The molecule has 0 aromatic heterocycles. The van der Waals surface area contributed by atoms with Crippen molar-refractivity contribution in [2.24, 2.45) is 0 Å². The van der Waals surface area contributed by atoms with Crippen LogP contribution in [-0.2, 0) is 14.3 Å². The largest absolute Gasteiger partial charge is 0.474 e. The lowest BCUT2D eigenvalue weighted by Crippen LogP contribution is -2.41. The maximum atomic E-state index is 12.8. The molecule has 0 amide bonds. The lowest BCUT2D eigenvalue weighted by atomic mass is 10.1. The van der Waals surface area contributed by atoms with Gasteiger partial charge in [-0.15, -0.1) is 12.8 Å². The topological polar surface area (TPSA) is 59.6 Å². The number of terminal acetylenes is 1.